The van der Waals surface area contributed by atoms with Crippen LogP contribution in [0.4, 0.5) is 0 Å². The van der Waals surface area contributed by atoms with E-state index in [4.69, 9.17) is 14.2 Å². The van der Waals surface area contributed by atoms with Crippen LogP contribution < -0.4 is 9.47 Å². The van der Waals surface area contributed by atoms with E-state index in [0.717, 1.165) is 36.8 Å². The second-order valence-corrected chi connectivity index (χ2v) is 6.99. The standard InChI is InChI=1S/C22H26O6/c1-26-21-18-12-15(20(25)22(21)27-2)5-3-4-6-16(28-13-23)9-7-14-8-10-19(24)17(18)11-14/h8,10-13,16,24-25H,3-7,9H2,1-2H3/t16-/m1/s1. The normalized spacial score (nSPS) is 16.9. The average molecular weight is 386 g/mol. The molecule has 0 saturated carbocycles. The van der Waals surface area contributed by atoms with E-state index in [9.17, 15) is 15.0 Å². The Morgan fingerprint density at radius 3 is 2.46 bits per heavy atom. The van der Waals surface area contributed by atoms with Gasteiger partial charge in [-0.15, -0.1) is 0 Å². The SMILES string of the molecule is COc1c2cc(c(O)c1OC)CCCC[C@@H](OC=O)CCc1ccc(O)c-2c1. The zero-order chi connectivity index (χ0) is 20.1. The van der Waals surface area contributed by atoms with Gasteiger partial charge in [-0.2, -0.15) is 0 Å². The number of hydrogen-bond acceptors (Lipinski definition) is 6. The molecule has 1 aliphatic carbocycles. The molecule has 6 nitrogen and oxygen atoms in total. The summed E-state index contributed by atoms with van der Waals surface area (Å²) < 4.78 is 16.2. The number of carbonyl (C=O) groups excluding carboxylic acids is 1. The number of ether oxygens (including phenoxy) is 3. The van der Waals surface area contributed by atoms with Gasteiger partial charge in [0.2, 0.25) is 5.75 Å². The lowest BCUT2D eigenvalue weighted by Gasteiger charge is -2.18. The van der Waals surface area contributed by atoms with Gasteiger partial charge in [0.05, 0.1) is 14.2 Å². The lowest BCUT2D eigenvalue weighted by Crippen LogP contribution is -2.13. The summed E-state index contributed by atoms with van der Waals surface area (Å²) in [7, 11) is 2.99. The molecule has 0 radical (unpaired) electrons. The molecule has 2 aromatic rings. The van der Waals surface area contributed by atoms with Crippen LogP contribution in [0.25, 0.3) is 11.1 Å². The van der Waals surface area contributed by atoms with Crippen molar-refractivity contribution >= 4 is 6.47 Å². The summed E-state index contributed by atoms with van der Waals surface area (Å²) in [4.78, 5) is 10.8. The summed E-state index contributed by atoms with van der Waals surface area (Å²) in [6.45, 7) is 0.510. The second kappa shape index (κ2) is 8.87. The summed E-state index contributed by atoms with van der Waals surface area (Å²) in [6, 6.07) is 7.27. The molecule has 28 heavy (non-hydrogen) atoms. The van der Waals surface area contributed by atoms with Crippen molar-refractivity contribution in [2.75, 3.05) is 14.2 Å². The van der Waals surface area contributed by atoms with Gasteiger partial charge in [-0.1, -0.05) is 6.07 Å². The summed E-state index contributed by atoms with van der Waals surface area (Å²) in [5.41, 5.74) is 3.03. The van der Waals surface area contributed by atoms with E-state index in [1.54, 1.807) is 6.07 Å². The van der Waals surface area contributed by atoms with Crippen molar-refractivity contribution < 1.29 is 29.2 Å². The van der Waals surface area contributed by atoms with Crippen molar-refractivity contribution in [3.8, 4) is 34.1 Å². The predicted molar refractivity (Wildman–Crippen MR) is 105 cm³/mol. The van der Waals surface area contributed by atoms with Crippen LogP contribution in [-0.4, -0.2) is 37.0 Å². The van der Waals surface area contributed by atoms with Gasteiger partial charge in [0.25, 0.3) is 6.47 Å². The first kappa shape index (κ1) is 19.9. The van der Waals surface area contributed by atoms with Crippen LogP contribution in [0.2, 0.25) is 0 Å². The number of phenols is 2. The van der Waals surface area contributed by atoms with E-state index in [1.165, 1.54) is 14.2 Å². The number of benzene rings is 2. The maximum Gasteiger partial charge on any atom is 0.293 e. The predicted octanol–water partition coefficient (Wildman–Crippen LogP) is 3.98. The minimum atomic E-state index is -0.142. The Morgan fingerprint density at radius 1 is 0.964 bits per heavy atom. The van der Waals surface area contributed by atoms with Gasteiger partial charge in [0.15, 0.2) is 11.5 Å². The van der Waals surface area contributed by atoms with E-state index in [-0.39, 0.29) is 23.4 Å². The monoisotopic (exact) mass is 386 g/mol. The highest BCUT2D eigenvalue weighted by molar-refractivity contribution is 5.81. The molecule has 150 valence electrons. The molecule has 0 unspecified atom stereocenters. The maximum absolute atomic E-state index is 10.8. The van der Waals surface area contributed by atoms with Gasteiger partial charge in [-0.05, 0) is 67.9 Å². The zero-order valence-corrected chi connectivity index (χ0v) is 16.2. The minimum Gasteiger partial charge on any atom is -0.507 e. The van der Waals surface area contributed by atoms with Gasteiger partial charge in [-0.25, -0.2) is 0 Å². The van der Waals surface area contributed by atoms with Gasteiger partial charge in [-0.3, -0.25) is 4.79 Å². The third-order valence-corrected chi connectivity index (χ3v) is 5.27. The molecule has 0 aromatic heterocycles. The molecule has 4 bridgehead atoms. The Balaban J connectivity index is 2.15. The number of aryl methyl sites for hydroxylation is 2. The van der Waals surface area contributed by atoms with E-state index in [0.29, 0.717) is 36.2 Å². The molecule has 1 aliphatic rings. The molecule has 2 aromatic carbocycles. The summed E-state index contributed by atoms with van der Waals surface area (Å²) in [5.74, 6) is 0.815. The van der Waals surface area contributed by atoms with Crippen molar-refractivity contribution in [1.82, 2.24) is 0 Å². The van der Waals surface area contributed by atoms with Crippen LogP contribution in [0.15, 0.2) is 24.3 Å². The Bertz CT molecular complexity index is 845. The van der Waals surface area contributed by atoms with Crippen LogP contribution in [0.3, 0.4) is 0 Å². The third kappa shape index (κ3) is 4.01. The van der Waals surface area contributed by atoms with Gasteiger partial charge in [0.1, 0.15) is 11.9 Å². The molecular formula is C22H26O6. The highest BCUT2D eigenvalue weighted by Gasteiger charge is 2.23. The number of carbonyl (C=O) groups is 1. The van der Waals surface area contributed by atoms with E-state index >= 15 is 0 Å². The molecule has 0 fully saturated rings. The van der Waals surface area contributed by atoms with Gasteiger partial charge in [0, 0.05) is 11.1 Å². The minimum absolute atomic E-state index is 0.0503. The van der Waals surface area contributed by atoms with Crippen LogP contribution in [0, 0.1) is 0 Å². The molecule has 2 N–H and O–H groups in total. The van der Waals surface area contributed by atoms with Crippen LogP contribution in [0.5, 0.6) is 23.0 Å². The Morgan fingerprint density at radius 2 is 1.75 bits per heavy atom. The Labute approximate surface area is 164 Å². The van der Waals surface area contributed by atoms with Crippen molar-refractivity contribution in [2.45, 2.75) is 44.6 Å². The first-order valence-electron chi connectivity index (χ1n) is 9.47. The van der Waals surface area contributed by atoms with Crippen molar-refractivity contribution in [2.24, 2.45) is 0 Å². The number of phenolic OH excluding ortho intramolecular Hbond substituents is 2. The fraction of sp³-hybridized carbons (Fsp3) is 0.409. The van der Waals surface area contributed by atoms with E-state index in [1.807, 2.05) is 18.2 Å². The highest BCUT2D eigenvalue weighted by Crippen LogP contribution is 2.48. The Hall–Kier alpha value is -2.89. The molecule has 0 saturated heterocycles. The maximum atomic E-state index is 10.8. The topological polar surface area (TPSA) is 85.2 Å². The van der Waals surface area contributed by atoms with Crippen molar-refractivity contribution in [3.63, 3.8) is 0 Å². The molecular weight excluding hydrogens is 360 g/mol. The van der Waals surface area contributed by atoms with Crippen molar-refractivity contribution in [3.05, 3.63) is 35.4 Å². The Kier molecular flexibility index (Phi) is 6.29. The molecule has 0 heterocycles. The van der Waals surface area contributed by atoms with Crippen LogP contribution in [-0.2, 0) is 22.4 Å². The molecule has 6 heteroatoms. The molecule has 0 amide bonds. The summed E-state index contributed by atoms with van der Waals surface area (Å²) >= 11 is 0. The fourth-order valence-corrected chi connectivity index (χ4v) is 3.80. The van der Waals surface area contributed by atoms with Crippen LogP contribution in [0.1, 0.15) is 36.8 Å². The zero-order valence-electron chi connectivity index (χ0n) is 16.2. The number of rotatable bonds is 4. The first-order valence-corrected chi connectivity index (χ1v) is 9.47. The quantitative estimate of drug-likeness (QED) is 0.773. The number of methoxy groups -OCH3 is 2. The fourth-order valence-electron chi connectivity index (χ4n) is 3.80. The molecule has 1 atom stereocenters. The number of fused-ring (bicyclic) bond motifs is 5. The number of hydrogen-bond donors (Lipinski definition) is 2. The third-order valence-electron chi connectivity index (χ3n) is 5.27. The molecule has 0 spiro atoms. The smallest absolute Gasteiger partial charge is 0.293 e. The lowest BCUT2D eigenvalue weighted by molar-refractivity contribution is -0.134. The van der Waals surface area contributed by atoms with Crippen LogP contribution >= 0.6 is 0 Å². The first-order chi connectivity index (χ1) is 13.6. The molecule has 3 rings (SSSR count). The van der Waals surface area contributed by atoms with Gasteiger partial charge < -0.3 is 24.4 Å². The molecule has 0 aliphatic heterocycles. The van der Waals surface area contributed by atoms with E-state index < -0.39 is 0 Å². The largest absolute Gasteiger partial charge is 0.507 e. The lowest BCUT2D eigenvalue weighted by atomic mass is 9.95. The van der Waals surface area contributed by atoms with Crippen molar-refractivity contribution in [1.29, 1.82) is 0 Å². The number of aromatic hydroxyl groups is 2. The van der Waals surface area contributed by atoms with Gasteiger partial charge >= 0.3 is 0 Å². The average Bonchev–Trinajstić information content (AvgIpc) is 2.71. The van der Waals surface area contributed by atoms with E-state index in [2.05, 4.69) is 0 Å². The highest BCUT2D eigenvalue weighted by atomic mass is 16.5. The summed E-state index contributed by atoms with van der Waals surface area (Å²) in [5, 5.41) is 21.2. The second-order valence-electron chi connectivity index (χ2n) is 6.99. The summed E-state index contributed by atoms with van der Waals surface area (Å²) in [6.07, 6.45) is 4.38.